The summed E-state index contributed by atoms with van der Waals surface area (Å²) < 4.78 is 0. The molecule has 1 fully saturated rings. The van der Waals surface area contributed by atoms with Gasteiger partial charge in [-0.3, -0.25) is 4.79 Å². The maximum Gasteiger partial charge on any atom is 0.227 e. The summed E-state index contributed by atoms with van der Waals surface area (Å²) in [6, 6.07) is 8.03. The molecule has 1 aromatic rings. The van der Waals surface area contributed by atoms with Gasteiger partial charge in [0, 0.05) is 23.5 Å². The van der Waals surface area contributed by atoms with Crippen LogP contribution in [0.5, 0.6) is 0 Å². The maximum absolute atomic E-state index is 12.2. The summed E-state index contributed by atoms with van der Waals surface area (Å²) in [6.45, 7) is 7.75. The van der Waals surface area contributed by atoms with Gasteiger partial charge in [0.25, 0.3) is 0 Å². The molecule has 3 heteroatoms. The topological polar surface area (TPSA) is 20.3 Å². The maximum atomic E-state index is 12.2. The van der Waals surface area contributed by atoms with Crippen LogP contribution in [0.4, 0.5) is 0 Å². The summed E-state index contributed by atoms with van der Waals surface area (Å²) in [5.74, 6) is 0.846. The van der Waals surface area contributed by atoms with E-state index in [2.05, 4.69) is 12.1 Å². The van der Waals surface area contributed by atoms with E-state index < -0.39 is 0 Å². The van der Waals surface area contributed by atoms with Gasteiger partial charge >= 0.3 is 0 Å². The SMILES string of the molecule is CC(C)(C)C(=O)N1CCC(Cc2ccc(Cl)cc2)C1. The zero-order valence-electron chi connectivity index (χ0n) is 11.9. The fourth-order valence-corrected chi connectivity index (χ4v) is 2.74. The first-order chi connectivity index (χ1) is 8.86. The van der Waals surface area contributed by atoms with Gasteiger partial charge in [0.15, 0.2) is 0 Å². The fourth-order valence-electron chi connectivity index (χ4n) is 2.61. The van der Waals surface area contributed by atoms with Gasteiger partial charge in [0.1, 0.15) is 0 Å². The van der Waals surface area contributed by atoms with E-state index >= 15 is 0 Å². The molecule has 1 heterocycles. The van der Waals surface area contributed by atoms with Gasteiger partial charge in [-0.2, -0.15) is 0 Å². The van der Waals surface area contributed by atoms with E-state index in [4.69, 9.17) is 11.6 Å². The molecule has 0 aromatic heterocycles. The summed E-state index contributed by atoms with van der Waals surface area (Å²) in [6.07, 6.45) is 2.13. The first kappa shape index (κ1) is 14.4. The van der Waals surface area contributed by atoms with Crippen LogP contribution in [-0.2, 0) is 11.2 Å². The lowest BCUT2D eigenvalue weighted by molar-refractivity contribution is -0.138. The lowest BCUT2D eigenvalue weighted by Gasteiger charge is -2.25. The predicted octanol–water partition coefficient (Wildman–Crippen LogP) is 3.78. The summed E-state index contributed by atoms with van der Waals surface area (Å²) in [5.41, 5.74) is 1.04. The van der Waals surface area contributed by atoms with Crippen LogP contribution in [0.1, 0.15) is 32.8 Å². The first-order valence-corrected chi connectivity index (χ1v) is 7.28. The second kappa shape index (κ2) is 5.54. The van der Waals surface area contributed by atoms with E-state index in [1.54, 1.807) is 0 Å². The Kier molecular flexibility index (Phi) is 4.19. The highest BCUT2D eigenvalue weighted by Gasteiger charge is 2.32. The third-order valence-electron chi connectivity index (χ3n) is 3.65. The molecule has 1 aliphatic rings. The Morgan fingerprint density at radius 2 is 1.95 bits per heavy atom. The van der Waals surface area contributed by atoms with Crippen LogP contribution in [0.25, 0.3) is 0 Å². The van der Waals surface area contributed by atoms with Gasteiger partial charge in [0.05, 0.1) is 0 Å². The molecule has 1 atom stereocenters. The third-order valence-corrected chi connectivity index (χ3v) is 3.90. The van der Waals surface area contributed by atoms with Gasteiger partial charge < -0.3 is 4.90 Å². The lowest BCUT2D eigenvalue weighted by atomic mass is 9.94. The highest BCUT2D eigenvalue weighted by molar-refractivity contribution is 6.30. The zero-order chi connectivity index (χ0) is 14.0. The third kappa shape index (κ3) is 3.73. The molecule has 104 valence electrons. The Morgan fingerprint density at radius 3 is 2.53 bits per heavy atom. The van der Waals surface area contributed by atoms with E-state index in [1.165, 1.54) is 5.56 Å². The Bertz CT molecular complexity index is 447. The number of likely N-dealkylation sites (tertiary alicyclic amines) is 1. The highest BCUT2D eigenvalue weighted by atomic mass is 35.5. The molecule has 1 unspecified atom stereocenters. The largest absolute Gasteiger partial charge is 0.342 e. The smallest absolute Gasteiger partial charge is 0.227 e. The molecular weight excluding hydrogens is 258 g/mol. The first-order valence-electron chi connectivity index (χ1n) is 6.90. The van der Waals surface area contributed by atoms with E-state index in [9.17, 15) is 4.79 Å². The molecule has 1 saturated heterocycles. The number of nitrogens with zero attached hydrogens (tertiary/aromatic N) is 1. The second-order valence-electron chi connectivity index (χ2n) is 6.49. The van der Waals surface area contributed by atoms with E-state index in [0.717, 1.165) is 31.0 Å². The lowest BCUT2D eigenvalue weighted by Crippen LogP contribution is -2.38. The number of carbonyl (C=O) groups excluding carboxylic acids is 1. The normalized spacial score (nSPS) is 19.8. The van der Waals surface area contributed by atoms with Crippen molar-refractivity contribution < 1.29 is 4.79 Å². The summed E-state index contributed by atoms with van der Waals surface area (Å²) >= 11 is 5.89. The minimum atomic E-state index is -0.269. The standard InChI is InChI=1S/C16H22ClNO/c1-16(2,3)15(19)18-9-8-13(11-18)10-12-4-6-14(17)7-5-12/h4-7,13H,8-11H2,1-3H3. The number of hydrogen-bond donors (Lipinski definition) is 0. The van der Waals surface area contributed by atoms with E-state index in [-0.39, 0.29) is 11.3 Å². The summed E-state index contributed by atoms with van der Waals surface area (Å²) in [4.78, 5) is 14.2. The summed E-state index contributed by atoms with van der Waals surface area (Å²) in [5, 5.41) is 0.778. The van der Waals surface area contributed by atoms with Gasteiger partial charge in [-0.05, 0) is 36.5 Å². The molecule has 0 bridgehead atoms. The minimum Gasteiger partial charge on any atom is -0.342 e. The van der Waals surface area contributed by atoms with Crippen LogP contribution >= 0.6 is 11.6 Å². The summed E-state index contributed by atoms with van der Waals surface area (Å²) in [7, 11) is 0. The number of benzene rings is 1. The second-order valence-corrected chi connectivity index (χ2v) is 6.92. The molecule has 0 saturated carbocycles. The number of hydrogen-bond acceptors (Lipinski definition) is 1. The predicted molar refractivity (Wildman–Crippen MR) is 79.3 cm³/mol. The van der Waals surface area contributed by atoms with Crippen LogP contribution in [0.2, 0.25) is 5.02 Å². The molecule has 1 aliphatic heterocycles. The van der Waals surface area contributed by atoms with Crippen molar-refractivity contribution in [2.24, 2.45) is 11.3 Å². The molecule has 2 rings (SSSR count). The molecule has 0 spiro atoms. The van der Waals surface area contributed by atoms with Crippen molar-refractivity contribution in [1.29, 1.82) is 0 Å². The van der Waals surface area contributed by atoms with Crippen LogP contribution in [0.15, 0.2) is 24.3 Å². The van der Waals surface area contributed by atoms with Crippen molar-refractivity contribution in [3.63, 3.8) is 0 Å². The van der Waals surface area contributed by atoms with Crippen molar-refractivity contribution in [2.75, 3.05) is 13.1 Å². The van der Waals surface area contributed by atoms with Crippen molar-refractivity contribution in [1.82, 2.24) is 4.90 Å². The van der Waals surface area contributed by atoms with E-state index in [1.807, 2.05) is 37.8 Å². The fraction of sp³-hybridized carbons (Fsp3) is 0.562. The van der Waals surface area contributed by atoms with Crippen LogP contribution < -0.4 is 0 Å². The van der Waals surface area contributed by atoms with Gasteiger partial charge in [-0.25, -0.2) is 0 Å². The molecule has 19 heavy (non-hydrogen) atoms. The highest BCUT2D eigenvalue weighted by Crippen LogP contribution is 2.26. The molecule has 2 nitrogen and oxygen atoms in total. The molecule has 0 aliphatic carbocycles. The van der Waals surface area contributed by atoms with Gasteiger partial charge in [-0.1, -0.05) is 44.5 Å². The van der Waals surface area contributed by atoms with Crippen LogP contribution in [0.3, 0.4) is 0 Å². The van der Waals surface area contributed by atoms with Crippen molar-refractivity contribution in [3.8, 4) is 0 Å². The Hall–Kier alpha value is -1.02. The number of amides is 1. The van der Waals surface area contributed by atoms with Gasteiger partial charge in [0.2, 0.25) is 5.91 Å². The molecule has 1 aromatic carbocycles. The average Bonchev–Trinajstić information content (AvgIpc) is 2.78. The van der Waals surface area contributed by atoms with Gasteiger partial charge in [-0.15, -0.1) is 0 Å². The quantitative estimate of drug-likeness (QED) is 0.807. The minimum absolute atomic E-state index is 0.269. The van der Waals surface area contributed by atoms with Crippen LogP contribution in [0, 0.1) is 11.3 Å². The Morgan fingerprint density at radius 1 is 1.32 bits per heavy atom. The molecule has 0 radical (unpaired) electrons. The van der Waals surface area contributed by atoms with Crippen molar-refractivity contribution in [3.05, 3.63) is 34.9 Å². The number of carbonyl (C=O) groups is 1. The number of halogens is 1. The molecular formula is C16H22ClNO. The van der Waals surface area contributed by atoms with E-state index in [0.29, 0.717) is 5.92 Å². The zero-order valence-corrected chi connectivity index (χ0v) is 12.7. The molecule has 0 N–H and O–H groups in total. The van der Waals surface area contributed by atoms with Crippen molar-refractivity contribution >= 4 is 17.5 Å². The van der Waals surface area contributed by atoms with Crippen molar-refractivity contribution in [2.45, 2.75) is 33.6 Å². The average molecular weight is 280 g/mol. The molecule has 1 amide bonds. The Balaban J connectivity index is 1.92. The number of rotatable bonds is 2. The monoisotopic (exact) mass is 279 g/mol. The van der Waals surface area contributed by atoms with Crippen LogP contribution in [-0.4, -0.2) is 23.9 Å². The Labute approximate surface area is 120 Å².